The molecule has 5 heteroatoms. The fourth-order valence-corrected chi connectivity index (χ4v) is 4.07. The fraction of sp³-hybridized carbons (Fsp3) is 0.786. The highest BCUT2D eigenvalue weighted by Gasteiger charge is 2.20. The van der Waals surface area contributed by atoms with Crippen molar-refractivity contribution in [2.45, 2.75) is 83.2 Å². The monoisotopic (exact) mass is 464 g/mol. The number of unbranched alkanes of at least 4 members (excludes halogenated alkanes) is 10. The van der Waals surface area contributed by atoms with Crippen molar-refractivity contribution in [2.75, 3.05) is 60.7 Å². The standard InChI is InChI=1S/C28H50NO4/c1-29(2,3)20-14-8-11-16-22-30-21-15-9-6-4-5-7-10-17-23-31-24-26-25-32-27-18-12-13-19-28(27)33-26/h12-13,18-19,26H,4-11,14-17,20-25H2,1-3H3/q+1. The summed E-state index contributed by atoms with van der Waals surface area (Å²) < 4.78 is 24.3. The molecule has 0 radical (unpaired) electrons. The quantitative estimate of drug-likeness (QED) is 0.169. The number of quaternary nitrogens is 1. The van der Waals surface area contributed by atoms with Gasteiger partial charge in [-0.2, -0.15) is 0 Å². The third-order valence-corrected chi connectivity index (χ3v) is 6.07. The largest absolute Gasteiger partial charge is 0.486 e. The zero-order valence-corrected chi connectivity index (χ0v) is 21.7. The topological polar surface area (TPSA) is 36.9 Å². The van der Waals surface area contributed by atoms with Gasteiger partial charge in [0.25, 0.3) is 0 Å². The molecule has 0 saturated heterocycles. The molecule has 0 aliphatic carbocycles. The number of ether oxygens (including phenoxy) is 4. The smallest absolute Gasteiger partial charge is 0.161 e. The Morgan fingerprint density at radius 3 is 1.82 bits per heavy atom. The number of fused-ring (bicyclic) bond motifs is 1. The van der Waals surface area contributed by atoms with E-state index in [-0.39, 0.29) is 6.10 Å². The molecule has 1 aromatic rings. The van der Waals surface area contributed by atoms with Gasteiger partial charge in [0.1, 0.15) is 6.61 Å². The van der Waals surface area contributed by atoms with E-state index in [1.807, 2.05) is 24.3 Å². The summed E-state index contributed by atoms with van der Waals surface area (Å²) in [6.45, 7) is 5.15. The van der Waals surface area contributed by atoms with Crippen molar-refractivity contribution >= 4 is 0 Å². The van der Waals surface area contributed by atoms with E-state index in [1.54, 1.807) is 0 Å². The zero-order valence-electron chi connectivity index (χ0n) is 21.7. The lowest BCUT2D eigenvalue weighted by atomic mass is 10.1. The summed E-state index contributed by atoms with van der Waals surface area (Å²) in [6, 6.07) is 7.82. The molecule has 1 aromatic carbocycles. The molecule has 2 rings (SSSR count). The molecule has 0 saturated carbocycles. The van der Waals surface area contributed by atoms with E-state index >= 15 is 0 Å². The summed E-state index contributed by atoms with van der Waals surface area (Å²) >= 11 is 0. The highest BCUT2D eigenvalue weighted by Crippen LogP contribution is 2.30. The molecule has 0 fully saturated rings. The van der Waals surface area contributed by atoms with E-state index in [4.69, 9.17) is 18.9 Å². The highest BCUT2D eigenvalue weighted by atomic mass is 16.6. The van der Waals surface area contributed by atoms with E-state index in [0.29, 0.717) is 13.2 Å². The van der Waals surface area contributed by atoms with Crippen molar-refractivity contribution in [3.63, 3.8) is 0 Å². The van der Waals surface area contributed by atoms with Crippen LogP contribution in [0.2, 0.25) is 0 Å². The second kappa shape index (κ2) is 17.2. The Balaban J connectivity index is 1.25. The second-order valence-electron chi connectivity index (χ2n) is 10.4. The first-order valence-electron chi connectivity index (χ1n) is 13.4. The average molecular weight is 465 g/mol. The summed E-state index contributed by atoms with van der Waals surface area (Å²) in [6.07, 6.45) is 15.4. The van der Waals surface area contributed by atoms with Gasteiger partial charge < -0.3 is 23.4 Å². The van der Waals surface area contributed by atoms with E-state index in [9.17, 15) is 0 Å². The Morgan fingerprint density at radius 2 is 1.21 bits per heavy atom. The molecule has 0 bridgehead atoms. The number of benzene rings is 1. The first kappa shape index (κ1) is 27.9. The van der Waals surface area contributed by atoms with Gasteiger partial charge in [-0.05, 0) is 44.2 Å². The molecular formula is C28H50NO4+. The maximum Gasteiger partial charge on any atom is 0.161 e. The predicted molar refractivity (Wildman–Crippen MR) is 136 cm³/mol. The molecule has 1 unspecified atom stereocenters. The number of rotatable bonds is 20. The Morgan fingerprint density at radius 1 is 0.697 bits per heavy atom. The molecule has 1 heterocycles. The van der Waals surface area contributed by atoms with Crippen LogP contribution >= 0.6 is 0 Å². The van der Waals surface area contributed by atoms with Gasteiger partial charge in [0.05, 0.1) is 34.3 Å². The van der Waals surface area contributed by atoms with Gasteiger partial charge in [0.2, 0.25) is 0 Å². The van der Waals surface area contributed by atoms with E-state index in [1.165, 1.54) is 77.2 Å². The van der Waals surface area contributed by atoms with Gasteiger partial charge in [-0.25, -0.2) is 0 Å². The maximum absolute atomic E-state index is 5.92. The van der Waals surface area contributed by atoms with Gasteiger partial charge in [-0.3, -0.25) is 0 Å². The highest BCUT2D eigenvalue weighted by molar-refractivity contribution is 5.40. The van der Waals surface area contributed by atoms with Crippen LogP contribution in [0.5, 0.6) is 11.5 Å². The minimum atomic E-state index is 0.00157. The van der Waals surface area contributed by atoms with Crippen LogP contribution < -0.4 is 9.47 Å². The van der Waals surface area contributed by atoms with Crippen molar-refractivity contribution < 1.29 is 23.4 Å². The third-order valence-electron chi connectivity index (χ3n) is 6.07. The zero-order chi connectivity index (χ0) is 23.6. The maximum atomic E-state index is 5.92. The van der Waals surface area contributed by atoms with Gasteiger partial charge in [0.15, 0.2) is 17.6 Å². The molecule has 33 heavy (non-hydrogen) atoms. The number of para-hydroxylation sites is 2. The summed E-state index contributed by atoms with van der Waals surface area (Å²) in [7, 11) is 6.80. The van der Waals surface area contributed by atoms with Gasteiger partial charge in [-0.15, -0.1) is 0 Å². The molecule has 190 valence electrons. The summed E-state index contributed by atoms with van der Waals surface area (Å²) in [5.74, 6) is 1.66. The van der Waals surface area contributed by atoms with E-state index < -0.39 is 0 Å². The third kappa shape index (κ3) is 14.5. The van der Waals surface area contributed by atoms with Gasteiger partial charge in [-0.1, -0.05) is 57.1 Å². The summed E-state index contributed by atoms with van der Waals surface area (Å²) in [5.41, 5.74) is 0. The SMILES string of the molecule is C[N+](C)(C)CCCCCCOCCCCCCCCCCOCC1COc2ccccc2O1. The van der Waals surface area contributed by atoms with Crippen molar-refractivity contribution in [1.29, 1.82) is 0 Å². The Hall–Kier alpha value is -1.30. The first-order chi connectivity index (χ1) is 16.0. The Kier molecular flexibility index (Phi) is 14.5. The minimum absolute atomic E-state index is 0.00157. The molecule has 1 aliphatic rings. The number of hydrogen-bond acceptors (Lipinski definition) is 4. The molecular weight excluding hydrogens is 414 g/mol. The molecule has 0 aromatic heterocycles. The second-order valence-corrected chi connectivity index (χ2v) is 10.4. The fourth-order valence-electron chi connectivity index (χ4n) is 4.07. The van der Waals surface area contributed by atoms with Crippen LogP contribution in [0.1, 0.15) is 77.0 Å². The lowest BCUT2D eigenvalue weighted by Gasteiger charge is -2.26. The average Bonchev–Trinajstić information content (AvgIpc) is 2.79. The van der Waals surface area contributed by atoms with Crippen molar-refractivity contribution in [3.8, 4) is 11.5 Å². The lowest BCUT2D eigenvalue weighted by molar-refractivity contribution is -0.870. The van der Waals surface area contributed by atoms with Crippen LogP contribution in [0.15, 0.2) is 24.3 Å². The van der Waals surface area contributed by atoms with Crippen LogP contribution in [0.4, 0.5) is 0 Å². The lowest BCUT2D eigenvalue weighted by Crippen LogP contribution is -2.35. The van der Waals surface area contributed by atoms with Crippen LogP contribution in [0.25, 0.3) is 0 Å². The summed E-state index contributed by atoms with van der Waals surface area (Å²) in [5, 5.41) is 0. The predicted octanol–water partition coefficient (Wildman–Crippen LogP) is 6.25. The van der Waals surface area contributed by atoms with Crippen LogP contribution in [0, 0.1) is 0 Å². The molecule has 5 nitrogen and oxygen atoms in total. The molecule has 1 atom stereocenters. The minimum Gasteiger partial charge on any atom is -0.486 e. The van der Waals surface area contributed by atoms with Crippen LogP contribution in [-0.2, 0) is 9.47 Å². The molecule has 0 amide bonds. The first-order valence-corrected chi connectivity index (χ1v) is 13.4. The molecule has 0 spiro atoms. The van der Waals surface area contributed by atoms with Crippen molar-refractivity contribution in [2.24, 2.45) is 0 Å². The van der Waals surface area contributed by atoms with Crippen LogP contribution in [-0.4, -0.2) is 71.3 Å². The summed E-state index contributed by atoms with van der Waals surface area (Å²) in [4.78, 5) is 0. The molecule has 1 aliphatic heterocycles. The van der Waals surface area contributed by atoms with Crippen LogP contribution in [0.3, 0.4) is 0 Å². The normalized spacial score (nSPS) is 15.7. The van der Waals surface area contributed by atoms with E-state index in [2.05, 4.69) is 21.1 Å². The Bertz CT molecular complexity index is 602. The number of hydrogen-bond donors (Lipinski definition) is 0. The van der Waals surface area contributed by atoms with E-state index in [0.717, 1.165) is 42.2 Å². The van der Waals surface area contributed by atoms with Crippen molar-refractivity contribution in [3.05, 3.63) is 24.3 Å². The van der Waals surface area contributed by atoms with Gasteiger partial charge >= 0.3 is 0 Å². The number of nitrogens with zero attached hydrogens (tertiary/aromatic N) is 1. The van der Waals surface area contributed by atoms with Crippen molar-refractivity contribution in [1.82, 2.24) is 0 Å². The molecule has 0 N–H and O–H groups in total. The Labute approximate surface area is 203 Å². The van der Waals surface area contributed by atoms with Gasteiger partial charge in [0, 0.05) is 19.8 Å².